The number of carbonyl (C=O) groups excluding carboxylic acids is 1. The number of aromatic nitrogens is 1. The average molecular weight is 183 g/mol. The molecule has 1 aromatic rings. The third-order valence-electron chi connectivity index (χ3n) is 1.58. The second-order valence-corrected chi connectivity index (χ2v) is 2.35. The van der Waals surface area contributed by atoms with E-state index in [1.165, 1.54) is 26.5 Å². The SMILES string of the molecule is COC(=O)c1ccc(OC)c[n+]1N. The van der Waals surface area contributed by atoms with Crippen molar-refractivity contribution in [2.75, 3.05) is 20.1 Å². The molecule has 13 heavy (non-hydrogen) atoms. The molecule has 0 bridgehead atoms. The lowest BCUT2D eigenvalue weighted by molar-refractivity contribution is -0.642. The number of nitrogen functional groups attached to an aromatic ring is 1. The number of nitrogens with two attached hydrogens (primary N) is 1. The number of esters is 1. The van der Waals surface area contributed by atoms with Gasteiger partial charge in [0.2, 0.25) is 6.20 Å². The topological polar surface area (TPSA) is 65.4 Å². The fourth-order valence-corrected chi connectivity index (χ4v) is 0.896. The van der Waals surface area contributed by atoms with Crippen LogP contribution in [0.5, 0.6) is 5.75 Å². The molecule has 0 spiro atoms. The summed E-state index contributed by atoms with van der Waals surface area (Å²) < 4.78 is 10.6. The Morgan fingerprint density at radius 1 is 1.46 bits per heavy atom. The Balaban J connectivity index is 3.05. The van der Waals surface area contributed by atoms with Crippen molar-refractivity contribution in [1.82, 2.24) is 0 Å². The molecule has 5 nitrogen and oxygen atoms in total. The fourth-order valence-electron chi connectivity index (χ4n) is 0.896. The van der Waals surface area contributed by atoms with E-state index < -0.39 is 5.97 Å². The summed E-state index contributed by atoms with van der Waals surface area (Å²) in [7, 11) is 2.82. The molecule has 0 saturated heterocycles. The van der Waals surface area contributed by atoms with E-state index in [0.29, 0.717) is 5.75 Å². The first-order valence-corrected chi connectivity index (χ1v) is 3.62. The summed E-state index contributed by atoms with van der Waals surface area (Å²) in [5, 5.41) is 0. The molecule has 0 aliphatic carbocycles. The maximum atomic E-state index is 11.1. The van der Waals surface area contributed by atoms with Crippen LogP contribution in [0.2, 0.25) is 0 Å². The molecule has 0 aliphatic rings. The van der Waals surface area contributed by atoms with Gasteiger partial charge in [-0.25, -0.2) is 10.6 Å². The predicted molar refractivity (Wildman–Crippen MR) is 44.7 cm³/mol. The zero-order chi connectivity index (χ0) is 9.84. The first kappa shape index (κ1) is 9.31. The summed E-state index contributed by atoms with van der Waals surface area (Å²) in [6.45, 7) is 0. The van der Waals surface area contributed by atoms with E-state index >= 15 is 0 Å². The van der Waals surface area contributed by atoms with Gasteiger partial charge in [0.15, 0.2) is 5.75 Å². The fraction of sp³-hybridized carbons (Fsp3) is 0.250. The monoisotopic (exact) mass is 183 g/mol. The summed E-state index contributed by atoms with van der Waals surface area (Å²) in [4.78, 5) is 11.1. The predicted octanol–water partition coefficient (Wildman–Crippen LogP) is -0.517. The molecule has 0 aliphatic heterocycles. The lowest BCUT2D eigenvalue weighted by Gasteiger charge is -1.98. The smallest absolute Gasteiger partial charge is 0.406 e. The molecular weight excluding hydrogens is 172 g/mol. The van der Waals surface area contributed by atoms with Crippen molar-refractivity contribution in [3.63, 3.8) is 0 Å². The van der Waals surface area contributed by atoms with Crippen molar-refractivity contribution in [3.8, 4) is 5.75 Å². The van der Waals surface area contributed by atoms with Gasteiger partial charge < -0.3 is 9.47 Å². The summed E-state index contributed by atoms with van der Waals surface area (Å²) in [6, 6.07) is 3.17. The molecule has 0 atom stereocenters. The number of pyridine rings is 1. The third-order valence-corrected chi connectivity index (χ3v) is 1.58. The van der Waals surface area contributed by atoms with E-state index in [4.69, 9.17) is 10.6 Å². The Bertz CT molecular complexity index is 325. The van der Waals surface area contributed by atoms with Gasteiger partial charge in [0.05, 0.1) is 14.2 Å². The van der Waals surface area contributed by atoms with Crippen LogP contribution in [-0.4, -0.2) is 20.2 Å². The summed E-state index contributed by atoms with van der Waals surface area (Å²) in [5.74, 6) is 5.61. The van der Waals surface area contributed by atoms with Gasteiger partial charge in [-0.3, -0.25) is 0 Å². The Morgan fingerprint density at radius 2 is 2.15 bits per heavy atom. The highest BCUT2D eigenvalue weighted by molar-refractivity contribution is 5.85. The summed E-state index contributed by atoms with van der Waals surface area (Å²) in [6.07, 6.45) is 1.49. The van der Waals surface area contributed by atoms with Crippen molar-refractivity contribution in [1.29, 1.82) is 0 Å². The first-order valence-electron chi connectivity index (χ1n) is 3.62. The van der Waals surface area contributed by atoms with Crippen LogP contribution >= 0.6 is 0 Å². The molecule has 1 aromatic heterocycles. The van der Waals surface area contributed by atoms with Gasteiger partial charge in [-0.1, -0.05) is 4.68 Å². The van der Waals surface area contributed by atoms with Crippen LogP contribution < -0.4 is 15.3 Å². The third kappa shape index (κ3) is 1.87. The Labute approximate surface area is 75.7 Å². The second-order valence-electron chi connectivity index (χ2n) is 2.35. The van der Waals surface area contributed by atoms with E-state index in [0.717, 1.165) is 4.68 Å². The minimum absolute atomic E-state index is 0.267. The molecule has 0 radical (unpaired) electrons. The molecule has 2 N–H and O–H groups in total. The molecular formula is C8H11N2O3+. The zero-order valence-electron chi connectivity index (χ0n) is 7.48. The number of ether oxygens (including phenoxy) is 2. The number of carbonyl (C=O) groups is 1. The van der Waals surface area contributed by atoms with Gasteiger partial charge in [-0.15, -0.1) is 0 Å². The number of nitrogens with zero attached hydrogens (tertiary/aromatic N) is 1. The van der Waals surface area contributed by atoms with Crippen molar-refractivity contribution >= 4 is 5.97 Å². The van der Waals surface area contributed by atoms with E-state index in [9.17, 15) is 4.79 Å². The zero-order valence-corrected chi connectivity index (χ0v) is 7.48. The van der Waals surface area contributed by atoms with E-state index in [1.807, 2.05) is 0 Å². The van der Waals surface area contributed by atoms with E-state index in [1.54, 1.807) is 6.07 Å². The van der Waals surface area contributed by atoms with Crippen molar-refractivity contribution < 1.29 is 18.9 Å². The lowest BCUT2D eigenvalue weighted by Crippen LogP contribution is -2.49. The van der Waals surface area contributed by atoms with Crippen molar-refractivity contribution in [2.45, 2.75) is 0 Å². The van der Waals surface area contributed by atoms with Crippen LogP contribution in [0.25, 0.3) is 0 Å². The number of methoxy groups -OCH3 is 2. The van der Waals surface area contributed by atoms with Gasteiger partial charge in [-0.2, -0.15) is 0 Å². The minimum atomic E-state index is -0.481. The highest BCUT2D eigenvalue weighted by Gasteiger charge is 2.18. The quantitative estimate of drug-likeness (QED) is 0.381. The largest absolute Gasteiger partial charge is 0.491 e. The van der Waals surface area contributed by atoms with E-state index in [2.05, 4.69) is 4.74 Å². The summed E-state index contributed by atoms with van der Waals surface area (Å²) in [5.41, 5.74) is 0.267. The Morgan fingerprint density at radius 3 is 2.62 bits per heavy atom. The maximum Gasteiger partial charge on any atom is 0.406 e. The Hall–Kier alpha value is -1.78. The Kier molecular flexibility index (Phi) is 2.69. The lowest BCUT2D eigenvalue weighted by atomic mass is 10.3. The van der Waals surface area contributed by atoms with Gasteiger partial charge in [-0.05, 0) is 6.07 Å². The van der Waals surface area contributed by atoms with Crippen LogP contribution in [0.3, 0.4) is 0 Å². The molecule has 5 heteroatoms. The van der Waals surface area contributed by atoms with Gasteiger partial charge in [0.25, 0.3) is 0 Å². The number of hydrogen-bond donors (Lipinski definition) is 1. The first-order chi connectivity index (χ1) is 6.19. The van der Waals surface area contributed by atoms with Crippen LogP contribution in [-0.2, 0) is 4.74 Å². The molecule has 0 saturated carbocycles. The van der Waals surface area contributed by atoms with Crippen LogP contribution in [0.4, 0.5) is 0 Å². The molecule has 1 rings (SSSR count). The van der Waals surface area contributed by atoms with Crippen molar-refractivity contribution in [2.24, 2.45) is 0 Å². The maximum absolute atomic E-state index is 11.1. The molecule has 0 fully saturated rings. The molecule has 0 amide bonds. The van der Waals surface area contributed by atoms with Crippen molar-refractivity contribution in [3.05, 3.63) is 24.0 Å². The van der Waals surface area contributed by atoms with E-state index in [-0.39, 0.29) is 5.69 Å². The molecule has 0 unspecified atom stereocenters. The number of rotatable bonds is 2. The highest BCUT2D eigenvalue weighted by Crippen LogP contribution is 2.05. The highest BCUT2D eigenvalue weighted by atomic mass is 16.5. The molecule has 0 aromatic carbocycles. The van der Waals surface area contributed by atoms with Crippen LogP contribution in [0.1, 0.15) is 10.5 Å². The van der Waals surface area contributed by atoms with Gasteiger partial charge in [0, 0.05) is 6.07 Å². The van der Waals surface area contributed by atoms with Gasteiger partial charge >= 0.3 is 11.7 Å². The molecule has 1 heterocycles. The summed E-state index contributed by atoms with van der Waals surface area (Å²) >= 11 is 0. The average Bonchev–Trinajstić information content (AvgIpc) is 2.16. The van der Waals surface area contributed by atoms with Gasteiger partial charge in [0.1, 0.15) is 0 Å². The number of hydrogen-bond acceptors (Lipinski definition) is 4. The minimum Gasteiger partial charge on any atom is -0.491 e. The standard InChI is InChI=1S/C8H10N2O3/c1-12-6-3-4-7(8(11)13-2)10(9)5-6/h3-5H,1-2H3,(H-,9,11)/p+1. The molecule has 70 valence electrons. The normalized spacial score (nSPS) is 9.38. The van der Waals surface area contributed by atoms with Crippen LogP contribution in [0, 0.1) is 0 Å². The van der Waals surface area contributed by atoms with Crippen LogP contribution in [0.15, 0.2) is 18.3 Å². The second kappa shape index (κ2) is 3.75.